The second kappa shape index (κ2) is 8.05. The maximum atomic E-state index is 13.6. The van der Waals surface area contributed by atoms with Crippen LogP contribution in [0.1, 0.15) is 33.3 Å². The number of fused-ring (bicyclic) bond motifs is 1. The van der Waals surface area contributed by atoms with Crippen LogP contribution in [0.3, 0.4) is 0 Å². The molecule has 1 aliphatic rings. The van der Waals surface area contributed by atoms with Crippen molar-refractivity contribution < 1.29 is 19.1 Å². The zero-order valence-electron chi connectivity index (χ0n) is 18.0. The number of rotatable bonds is 4. The van der Waals surface area contributed by atoms with Gasteiger partial charge in [0.1, 0.15) is 5.58 Å². The van der Waals surface area contributed by atoms with Crippen LogP contribution in [-0.4, -0.2) is 16.8 Å². The molecule has 0 spiro atoms. The van der Waals surface area contributed by atoms with E-state index in [2.05, 4.69) is 15.9 Å². The van der Waals surface area contributed by atoms with Crippen molar-refractivity contribution in [1.82, 2.24) is 0 Å². The summed E-state index contributed by atoms with van der Waals surface area (Å²) >= 11 is 3.42. The number of nitrogens with zero attached hydrogens (tertiary/aromatic N) is 1. The second-order valence-corrected chi connectivity index (χ2v) is 9.06. The topological polar surface area (TPSA) is 70.8 Å². The van der Waals surface area contributed by atoms with Gasteiger partial charge >= 0.3 is 0 Å². The molecule has 0 saturated heterocycles. The van der Waals surface area contributed by atoms with E-state index in [9.17, 15) is 14.7 Å². The van der Waals surface area contributed by atoms with E-state index in [1.165, 1.54) is 4.90 Å². The molecule has 1 unspecified atom stereocenters. The first kappa shape index (κ1) is 21.2. The SMILES string of the molecule is Cc1ccc(N2C(=O)C(O)=C(C(=O)c3cc4cc(Br)ccc4o3)C2c2ccccc2)cc1C. The third-order valence-corrected chi connectivity index (χ3v) is 6.53. The van der Waals surface area contributed by atoms with Crippen LogP contribution < -0.4 is 4.90 Å². The number of benzene rings is 3. The lowest BCUT2D eigenvalue weighted by atomic mass is 9.94. The van der Waals surface area contributed by atoms with E-state index in [0.29, 0.717) is 11.3 Å². The lowest BCUT2D eigenvalue weighted by Gasteiger charge is -2.27. The Morgan fingerprint density at radius 1 is 0.970 bits per heavy atom. The number of ketones is 1. The van der Waals surface area contributed by atoms with Gasteiger partial charge < -0.3 is 9.52 Å². The molecule has 0 saturated carbocycles. The molecule has 1 aliphatic heterocycles. The third kappa shape index (κ3) is 3.56. The second-order valence-electron chi connectivity index (χ2n) is 8.14. The Kier molecular flexibility index (Phi) is 5.17. The Morgan fingerprint density at radius 2 is 1.73 bits per heavy atom. The molecular weight excluding hydrogens is 482 g/mol. The van der Waals surface area contributed by atoms with Crippen molar-refractivity contribution in [2.75, 3.05) is 4.90 Å². The molecule has 1 amide bonds. The van der Waals surface area contributed by atoms with Gasteiger partial charge in [-0.05, 0) is 66.9 Å². The highest BCUT2D eigenvalue weighted by Gasteiger charge is 2.45. The molecule has 0 radical (unpaired) electrons. The van der Waals surface area contributed by atoms with Gasteiger partial charge in [0.25, 0.3) is 5.91 Å². The minimum Gasteiger partial charge on any atom is -0.503 e. The molecule has 1 N–H and O–H groups in total. The van der Waals surface area contributed by atoms with Gasteiger partial charge in [-0.2, -0.15) is 0 Å². The maximum Gasteiger partial charge on any atom is 0.294 e. The molecule has 164 valence electrons. The summed E-state index contributed by atoms with van der Waals surface area (Å²) in [6.45, 7) is 3.95. The van der Waals surface area contributed by atoms with Gasteiger partial charge in [0.2, 0.25) is 5.78 Å². The van der Waals surface area contributed by atoms with Crippen molar-refractivity contribution in [2.45, 2.75) is 19.9 Å². The van der Waals surface area contributed by atoms with Gasteiger partial charge in [0.05, 0.1) is 11.6 Å². The molecule has 1 atom stereocenters. The average Bonchev–Trinajstić information content (AvgIpc) is 3.34. The first-order valence-corrected chi connectivity index (χ1v) is 11.3. The Labute approximate surface area is 199 Å². The minimum absolute atomic E-state index is 0.00236. The first-order chi connectivity index (χ1) is 15.8. The largest absolute Gasteiger partial charge is 0.503 e. The molecule has 3 aromatic carbocycles. The van der Waals surface area contributed by atoms with E-state index >= 15 is 0 Å². The Hall–Kier alpha value is -3.64. The molecule has 4 aromatic rings. The van der Waals surface area contributed by atoms with E-state index in [1.54, 1.807) is 12.1 Å². The number of hydrogen-bond donors (Lipinski definition) is 1. The van der Waals surface area contributed by atoms with Crippen molar-refractivity contribution >= 4 is 44.3 Å². The standard InChI is InChI=1S/C27H20BrNO4/c1-15-8-10-20(12-16(15)2)29-24(17-6-4-3-5-7-17)23(26(31)27(29)32)25(30)22-14-18-13-19(28)9-11-21(18)33-22/h3-14,24,31H,1-2H3. The highest BCUT2D eigenvalue weighted by molar-refractivity contribution is 9.10. The summed E-state index contributed by atoms with van der Waals surface area (Å²) in [6.07, 6.45) is 0. The monoisotopic (exact) mass is 501 g/mol. The molecule has 33 heavy (non-hydrogen) atoms. The summed E-state index contributed by atoms with van der Waals surface area (Å²) in [5.74, 6) is -1.63. The van der Waals surface area contributed by atoms with Crippen LogP contribution in [0.2, 0.25) is 0 Å². The van der Waals surface area contributed by atoms with E-state index in [1.807, 2.05) is 74.5 Å². The van der Waals surface area contributed by atoms with Crippen molar-refractivity contribution in [3.05, 3.63) is 111 Å². The number of carbonyl (C=O) groups excluding carboxylic acids is 2. The molecule has 5 rings (SSSR count). The number of carbonyl (C=O) groups is 2. The van der Waals surface area contributed by atoms with Crippen molar-refractivity contribution in [2.24, 2.45) is 0 Å². The molecule has 1 aromatic heterocycles. The van der Waals surface area contributed by atoms with E-state index in [4.69, 9.17) is 4.42 Å². The van der Waals surface area contributed by atoms with Gasteiger partial charge in [0.15, 0.2) is 11.5 Å². The molecule has 5 nitrogen and oxygen atoms in total. The normalized spacial score (nSPS) is 16.2. The smallest absolute Gasteiger partial charge is 0.294 e. The molecule has 6 heteroatoms. The number of Topliss-reactive ketones (excluding diaryl/α,β-unsaturated/α-hetero) is 1. The third-order valence-electron chi connectivity index (χ3n) is 6.04. The van der Waals surface area contributed by atoms with Crippen molar-refractivity contribution in [1.29, 1.82) is 0 Å². The fourth-order valence-electron chi connectivity index (χ4n) is 4.19. The summed E-state index contributed by atoms with van der Waals surface area (Å²) in [5, 5.41) is 11.7. The van der Waals surface area contributed by atoms with Crippen LogP contribution in [-0.2, 0) is 4.79 Å². The number of hydrogen-bond acceptors (Lipinski definition) is 4. The van der Waals surface area contributed by atoms with Crippen LogP contribution in [0, 0.1) is 13.8 Å². The number of anilines is 1. The van der Waals surface area contributed by atoms with Crippen molar-refractivity contribution in [3.8, 4) is 0 Å². The number of aryl methyl sites for hydroxylation is 2. The average molecular weight is 502 g/mol. The van der Waals surface area contributed by atoms with Gasteiger partial charge in [-0.25, -0.2) is 0 Å². The molecule has 0 fully saturated rings. The summed E-state index contributed by atoms with van der Waals surface area (Å²) in [6, 6.07) is 21.2. The van der Waals surface area contributed by atoms with Gasteiger partial charge in [0, 0.05) is 15.5 Å². The summed E-state index contributed by atoms with van der Waals surface area (Å²) in [4.78, 5) is 28.4. The number of aliphatic hydroxyl groups is 1. The molecule has 0 aliphatic carbocycles. The summed E-state index contributed by atoms with van der Waals surface area (Å²) in [7, 11) is 0. The Balaban J connectivity index is 1.66. The number of aliphatic hydroxyl groups excluding tert-OH is 1. The van der Waals surface area contributed by atoms with Gasteiger partial charge in [-0.3, -0.25) is 14.5 Å². The minimum atomic E-state index is -0.784. The lowest BCUT2D eigenvalue weighted by molar-refractivity contribution is -0.117. The van der Waals surface area contributed by atoms with E-state index in [0.717, 1.165) is 26.5 Å². The van der Waals surface area contributed by atoms with Crippen LogP contribution in [0.15, 0.2) is 93.0 Å². The highest BCUT2D eigenvalue weighted by atomic mass is 79.9. The van der Waals surface area contributed by atoms with E-state index in [-0.39, 0.29) is 11.3 Å². The van der Waals surface area contributed by atoms with Crippen LogP contribution in [0.5, 0.6) is 0 Å². The number of halogens is 1. The first-order valence-electron chi connectivity index (χ1n) is 10.5. The zero-order chi connectivity index (χ0) is 23.3. The van der Waals surface area contributed by atoms with Crippen LogP contribution in [0.25, 0.3) is 11.0 Å². The maximum absolute atomic E-state index is 13.6. The fraction of sp³-hybridized carbons (Fsp3) is 0.111. The van der Waals surface area contributed by atoms with Crippen LogP contribution >= 0.6 is 15.9 Å². The summed E-state index contributed by atoms with van der Waals surface area (Å²) in [5.41, 5.74) is 3.98. The Morgan fingerprint density at radius 3 is 2.45 bits per heavy atom. The molecule has 2 heterocycles. The number of furan rings is 1. The van der Waals surface area contributed by atoms with Crippen LogP contribution in [0.4, 0.5) is 5.69 Å². The predicted molar refractivity (Wildman–Crippen MR) is 130 cm³/mol. The number of amides is 1. The zero-order valence-corrected chi connectivity index (χ0v) is 19.6. The van der Waals surface area contributed by atoms with Gasteiger partial charge in [-0.1, -0.05) is 52.3 Å². The molecule has 0 bridgehead atoms. The Bertz CT molecular complexity index is 1450. The summed E-state index contributed by atoms with van der Waals surface area (Å²) < 4.78 is 6.65. The predicted octanol–water partition coefficient (Wildman–Crippen LogP) is 6.60. The van der Waals surface area contributed by atoms with E-state index < -0.39 is 23.5 Å². The quantitative estimate of drug-likeness (QED) is 0.320. The van der Waals surface area contributed by atoms with Crippen molar-refractivity contribution in [3.63, 3.8) is 0 Å². The molecular formula is C27H20BrNO4. The van der Waals surface area contributed by atoms with Gasteiger partial charge in [-0.15, -0.1) is 0 Å². The highest BCUT2D eigenvalue weighted by Crippen LogP contribution is 2.42. The lowest BCUT2D eigenvalue weighted by Crippen LogP contribution is -2.31. The fourth-order valence-corrected chi connectivity index (χ4v) is 4.57.